The minimum Gasteiger partial charge on any atom is -0.383 e. The molecule has 5 N–H and O–H groups in total. The van der Waals surface area contributed by atoms with Gasteiger partial charge in [-0.1, -0.05) is 24.3 Å². The standard InChI is InChI=1S/C29H27N7O.ClH/c1-18(37)33-21-6-2-5-19(17-21)24-12-13-25-28(34-24)36(27(35-25)23-7-3-16-32-26(23)30)22-10-8-20(9-11-22)29(31)14-4-15-29;/h2-3,5-13,16-17H,4,14-15,31H2,1H3,(H2,30,32)(H,33,37);1H. The Morgan fingerprint density at radius 2 is 1.79 bits per heavy atom. The minimum absolute atomic E-state index is 0. The first-order chi connectivity index (χ1) is 17.9. The summed E-state index contributed by atoms with van der Waals surface area (Å²) in [6.07, 6.45) is 4.82. The fourth-order valence-corrected chi connectivity index (χ4v) is 4.90. The quantitative estimate of drug-likeness (QED) is 0.280. The number of nitrogens with one attached hydrogen (secondary N) is 1. The predicted molar refractivity (Wildman–Crippen MR) is 153 cm³/mol. The van der Waals surface area contributed by atoms with Crippen molar-refractivity contribution in [2.45, 2.75) is 31.7 Å². The van der Waals surface area contributed by atoms with E-state index in [4.69, 9.17) is 21.4 Å². The number of amides is 1. The lowest BCUT2D eigenvalue weighted by Crippen LogP contribution is -2.43. The minimum atomic E-state index is -0.240. The number of hydrogen-bond donors (Lipinski definition) is 3. The van der Waals surface area contributed by atoms with Crippen molar-refractivity contribution in [1.82, 2.24) is 19.5 Å². The van der Waals surface area contributed by atoms with Crippen LogP contribution in [0.3, 0.4) is 0 Å². The van der Waals surface area contributed by atoms with Crippen molar-refractivity contribution in [2.75, 3.05) is 11.1 Å². The van der Waals surface area contributed by atoms with Crippen LogP contribution < -0.4 is 16.8 Å². The molecule has 1 aliphatic rings. The van der Waals surface area contributed by atoms with Gasteiger partial charge in [-0.2, -0.15) is 0 Å². The summed E-state index contributed by atoms with van der Waals surface area (Å²) in [5.74, 6) is 0.937. The number of nitrogens with two attached hydrogens (primary N) is 2. The van der Waals surface area contributed by atoms with Crippen LogP contribution in [0, 0.1) is 0 Å². The molecule has 2 aromatic carbocycles. The van der Waals surface area contributed by atoms with Gasteiger partial charge in [0.1, 0.15) is 11.3 Å². The first kappa shape index (κ1) is 25.4. The van der Waals surface area contributed by atoms with Crippen LogP contribution in [0.1, 0.15) is 31.7 Å². The fourth-order valence-electron chi connectivity index (χ4n) is 4.90. The smallest absolute Gasteiger partial charge is 0.221 e. The summed E-state index contributed by atoms with van der Waals surface area (Å²) in [5.41, 5.74) is 19.2. The number of rotatable bonds is 5. The Morgan fingerprint density at radius 1 is 1.00 bits per heavy atom. The number of aromatic nitrogens is 4. The SMILES string of the molecule is CC(=O)Nc1cccc(-c2ccc3nc(-c4cccnc4N)n(-c4ccc(C5(N)CCC5)cc4)c3n2)c1.Cl. The lowest BCUT2D eigenvalue weighted by Gasteiger charge is -2.38. The van der Waals surface area contributed by atoms with E-state index in [2.05, 4.69) is 34.6 Å². The van der Waals surface area contributed by atoms with E-state index >= 15 is 0 Å². The molecule has 9 heteroatoms. The lowest BCUT2D eigenvalue weighted by atomic mass is 9.73. The molecule has 0 bridgehead atoms. The molecule has 1 fully saturated rings. The van der Waals surface area contributed by atoms with Crippen molar-refractivity contribution >= 4 is 41.0 Å². The number of carbonyl (C=O) groups excluding carboxylic acids is 1. The highest BCUT2D eigenvalue weighted by Crippen LogP contribution is 2.39. The van der Waals surface area contributed by atoms with Crippen LogP contribution in [0.15, 0.2) is 79.0 Å². The molecule has 5 aromatic rings. The Bertz CT molecular complexity index is 1640. The van der Waals surface area contributed by atoms with Gasteiger partial charge in [-0.05, 0) is 73.4 Å². The van der Waals surface area contributed by atoms with Gasteiger partial charge in [0, 0.05) is 35.6 Å². The summed E-state index contributed by atoms with van der Waals surface area (Å²) in [5, 5.41) is 2.83. The number of fused-ring (bicyclic) bond motifs is 1. The zero-order chi connectivity index (χ0) is 25.6. The number of nitrogens with zero attached hydrogens (tertiary/aromatic N) is 4. The van der Waals surface area contributed by atoms with E-state index in [9.17, 15) is 4.79 Å². The summed E-state index contributed by atoms with van der Waals surface area (Å²) < 4.78 is 2.01. The summed E-state index contributed by atoms with van der Waals surface area (Å²) in [6.45, 7) is 1.49. The highest BCUT2D eigenvalue weighted by molar-refractivity contribution is 5.90. The van der Waals surface area contributed by atoms with Gasteiger partial charge < -0.3 is 16.8 Å². The third-order valence-electron chi connectivity index (χ3n) is 7.01. The Balaban J connectivity index is 0.00000294. The van der Waals surface area contributed by atoms with Gasteiger partial charge in [0.05, 0.1) is 11.3 Å². The fraction of sp³-hybridized carbons (Fsp3) is 0.172. The third kappa shape index (κ3) is 4.49. The second kappa shape index (κ2) is 9.89. The molecule has 0 spiro atoms. The first-order valence-corrected chi connectivity index (χ1v) is 12.3. The molecule has 0 aliphatic heterocycles. The highest BCUT2D eigenvalue weighted by Gasteiger charge is 2.34. The van der Waals surface area contributed by atoms with E-state index in [1.807, 2.05) is 53.1 Å². The van der Waals surface area contributed by atoms with Gasteiger partial charge in [-0.25, -0.2) is 15.0 Å². The molecular formula is C29H28ClN7O. The van der Waals surface area contributed by atoms with Gasteiger partial charge in [-0.15, -0.1) is 12.4 Å². The Hall–Kier alpha value is -4.27. The van der Waals surface area contributed by atoms with Crippen molar-refractivity contribution in [3.05, 3.63) is 84.6 Å². The summed E-state index contributed by atoms with van der Waals surface area (Å²) in [4.78, 5) is 25.8. The molecule has 0 atom stereocenters. The lowest BCUT2D eigenvalue weighted by molar-refractivity contribution is -0.114. The molecule has 1 amide bonds. The molecular weight excluding hydrogens is 498 g/mol. The molecule has 0 unspecified atom stereocenters. The number of carbonyl (C=O) groups is 1. The van der Waals surface area contributed by atoms with E-state index in [-0.39, 0.29) is 23.9 Å². The van der Waals surface area contributed by atoms with Gasteiger partial charge in [0.15, 0.2) is 11.5 Å². The molecule has 192 valence electrons. The normalized spacial score (nSPS) is 13.9. The Kier molecular flexibility index (Phi) is 6.60. The number of imidazole rings is 1. The van der Waals surface area contributed by atoms with Crippen molar-refractivity contribution in [3.63, 3.8) is 0 Å². The number of nitrogen functional groups attached to an aromatic ring is 1. The topological polar surface area (TPSA) is 125 Å². The van der Waals surface area contributed by atoms with Gasteiger partial charge >= 0.3 is 0 Å². The van der Waals surface area contributed by atoms with Crippen molar-refractivity contribution in [3.8, 4) is 28.3 Å². The van der Waals surface area contributed by atoms with Crippen LogP contribution in [0.2, 0.25) is 0 Å². The summed E-state index contributed by atoms with van der Waals surface area (Å²) in [7, 11) is 0. The Labute approximate surface area is 226 Å². The van der Waals surface area contributed by atoms with Crippen LogP contribution >= 0.6 is 12.4 Å². The maximum atomic E-state index is 11.5. The van der Waals surface area contributed by atoms with Crippen LogP contribution in [0.4, 0.5) is 11.5 Å². The van der Waals surface area contributed by atoms with E-state index in [0.29, 0.717) is 23.0 Å². The molecule has 3 heterocycles. The molecule has 38 heavy (non-hydrogen) atoms. The molecule has 6 rings (SSSR count). The maximum Gasteiger partial charge on any atom is 0.221 e. The van der Waals surface area contributed by atoms with Gasteiger partial charge in [0.25, 0.3) is 0 Å². The van der Waals surface area contributed by atoms with Crippen molar-refractivity contribution < 1.29 is 4.79 Å². The highest BCUT2D eigenvalue weighted by atomic mass is 35.5. The van der Waals surface area contributed by atoms with E-state index < -0.39 is 0 Å². The first-order valence-electron chi connectivity index (χ1n) is 12.3. The zero-order valence-corrected chi connectivity index (χ0v) is 21.7. The van der Waals surface area contributed by atoms with Crippen molar-refractivity contribution in [2.24, 2.45) is 5.73 Å². The molecule has 3 aromatic heterocycles. The average Bonchev–Trinajstić information content (AvgIpc) is 3.26. The maximum absolute atomic E-state index is 11.5. The van der Waals surface area contributed by atoms with Crippen LogP contribution in [0.25, 0.3) is 39.5 Å². The average molecular weight is 526 g/mol. The number of pyridine rings is 2. The van der Waals surface area contributed by atoms with Crippen LogP contribution in [-0.4, -0.2) is 25.4 Å². The summed E-state index contributed by atoms with van der Waals surface area (Å²) >= 11 is 0. The second-order valence-corrected chi connectivity index (χ2v) is 9.56. The van der Waals surface area contributed by atoms with Crippen LogP contribution in [-0.2, 0) is 10.3 Å². The Morgan fingerprint density at radius 3 is 2.47 bits per heavy atom. The second-order valence-electron chi connectivity index (χ2n) is 9.56. The molecule has 1 saturated carbocycles. The largest absolute Gasteiger partial charge is 0.383 e. The van der Waals surface area contributed by atoms with E-state index in [0.717, 1.165) is 52.9 Å². The van der Waals surface area contributed by atoms with Crippen LogP contribution in [0.5, 0.6) is 0 Å². The predicted octanol–water partition coefficient (Wildman–Crippen LogP) is 5.45. The monoisotopic (exact) mass is 525 g/mol. The number of hydrogen-bond acceptors (Lipinski definition) is 6. The molecule has 0 saturated heterocycles. The zero-order valence-electron chi connectivity index (χ0n) is 20.9. The number of halogens is 1. The van der Waals surface area contributed by atoms with E-state index in [1.54, 1.807) is 6.20 Å². The number of benzene rings is 2. The molecule has 0 radical (unpaired) electrons. The van der Waals surface area contributed by atoms with Gasteiger partial charge in [-0.3, -0.25) is 9.36 Å². The molecule has 1 aliphatic carbocycles. The molecule has 8 nitrogen and oxygen atoms in total. The summed E-state index contributed by atoms with van der Waals surface area (Å²) in [6, 6.07) is 23.6. The third-order valence-corrected chi connectivity index (χ3v) is 7.01. The van der Waals surface area contributed by atoms with Gasteiger partial charge in [0.2, 0.25) is 5.91 Å². The number of anilines is 2. The van der Waals surface area contributed by atoms with E-state index in [1.165, 1.54) is 6.92 Å². The van der Waals surface area contributed by atoms with Crippen molar-refractivity contribution in [1.29, 1.82) is 0 Å².